The van der Waals surface area contributed by atoms with Crippen molar-refractivity contribution >= 4 is 15.7 Å². The van der Waals surface area contributed by atoms with Crippen molar-refractivity contribution in [3.8, 4) is 0 Å². The number of sulfonamides is 1. The number of fused-ring (bicyclic) bond motifs is 1. The molecule has 0 radical (unpaired) electrons. The molecule has 3 rings (SSSR count). The van der Waals surface area contributed by atoms with E-state index in [1.807, 2.05) is 0 Å². The van der Waals surface area contributed by atoms with Gasteiger partial charge in [-0.3, -0.25) is 15.0 Å². The Morgan fingerprint density at radius 1 is 1.04 bits per heavy atom. The Balaban J connectivity index is 1.46. The molecular formula is C19H23N3O4S. The van der Waals surface area contributed by atoms with Crippen LogP contribution in [0.4, 0.5) is 5.69 Å². The second-order valence-corrected chi connectivity index (χ2v) is 8.36. The van der Waals surface area contributed by atoms with Crippen LogP contribution in [0.25, 0.3) is 0 Å². The molecule has 1 heterocycles. The van der Waals surface area contributed by atoms with Gasteiger partial charge in [-0.1, -0.05) is 36.4 Å². The van der Waals surface area contributed by atoms with E-state index >= 15 is 0 Å². The fraction of sp³-hybridized carbons (Fsp3) is 0.368. The lowest BCUT2D eigenvalue weighted by Gasteiger charge is -2.28. The zero-order valence-corrected chi connectivity index (χ0v) is 15.8. The maximum Gasteiger partial charge on any atom is 0.289 e. The van der Waals surface area contributed by atoms with Crippen LogP contribution in [0.1, 0.15) is 24.0 Å². The number of hydrogen-bond acceptors (Lipinski definition) is 5. The number of hydrogen-bond donors (Lipinski definition) is 1. The minimum absolute atomic E-state index is 0.263. The van der Waals surface area contributed by atoms with Gasteiger partial charge in [-0.05, 0) is 43.0 Å². The smallest absolute Gasteiger partial charge is 0.289 e. The first-order valence-electron chi connectivity index (χ1n) is 8.99. The van der Waals surface area contributed by atoms with Gasteiger partial charge in [0.05, 0.1) is 4.92 Å². The quantitative estimate of drug-likeness (QED) is 0.426. The topological polar surface area (TPSA) is 92.5 Å². The van der Waals surface area contributed by atoms with E-state index in [4.69, 9.17) is 0 Å². The van der Waals surface area contributed by atoms with E-state index in [0.717, 1.165) is 32.5 Å². The third-order valence-corrected chi connectivity index (χ3v) is 6.26. The molecule has 0 spiro atoms. The van der Waals surface area contributed by atoms with Crippen LogP contribution in [-0.2, 0) is 23.0 Å². The summed E-state index contributed by atoms with van der Waals surface area (Å²) < 4.78 is 27.1. The van der Waals surface area contributed by atoms with Crippen molar-refractivity contribution in [1.82, 2.24) is 9.62 Å². The number of nitrogens with zero attached hydrogens (tertiary/aromatic N) is 2. The molecule has 27 heavy (non-hydrogen) atoms. The molecule has 1 aliphatic heterocycles. The van der Waals surface area contributed by atoms with E-state index in [9.17, 15) is 18.5 Å². The standard InChI is InChI=1S/C19H23N3O4S/c23-22(24)18-9-3-4-10-19(18)27(25,26)20-12-5-6-13-21-14-11-16-7-1-2-8-17(16)15-21/h1-4,7-10,20H,5-6,11-15H2. The van der Waals surface area contributed by atoms with Crippen LogP contribution in [0.15, 0.2) is 53.4 Å². The molecule has 2 aromatic rings. The van der Waals surface area contributed by atoms with Crippen LogP contribution in [0.3, 0.4) is 0 Å². The van der Waals surface area contributed by atoms with Crippen molar-refractivity contribution in [2.24, 2.45) is 0 Å². The largest absolute Gasteiger partial charge is 0.299 e. The van der Waals surface area contributed by atoms with Gasteiger partial charge >= 0.3 is 0 Å². The van der Waals surface area contributed by atoms with Gasteiger partial charge in [0.2, 0.25) is 10.0 Å². The molecule has 0 saturated heterocycles. The molecule has 144 valence electrons. The summed E-state index contributed by atoms with van der Waals surface area (Å²) in [5.41, 5.74) is 2.36. The van der Waals surface area contributed by atoms with E-state index in [1.165, 1.54) is 35.4 Å². The molecule has 0 fully saturated rings. The first kappa shape index (κ1) is 19.5. The summed E-state index contributed by atoms with van der Waals surface area (Å²) in [5, 5.41) is 11.0. The number of para-hydroxylation sites is 1. The summed E-state index contributed by atoms with van der Waals surface area (Å²) >= 11 is 0. The summed E-state index contributed by atoms with van der Waals surface area (Å²) in [6, 6.07) is 13.8. The van der Waals surface area contributed by atoms with Crippen molar-refractivity contribution < 1.29 is 13.3 Å². The highest BCUT2D eigenvalue weighted by atomic mass is 32.2. The number of unbranched alkanes of at least 4 members (excludes halogenated alkanes) is 1. The molecule has 0 bridgehead atoms. The first-order valence-corrected chi connectivity index (χ1v) is 10.5. The highest BCUT2D eigenvalue weighted by molar-refractivity contribution is 7.89. The number of nitro benzene ring substituents is 1. The summed E-state index contributed by atoms with van der Waals surface area (Å²) in [4.78, 5) is 12.4. The Kier molecular flexibility index (Phi) is 6.20. The van der Waals surface area contributed by atoms with Crippen molar-refractivity contribution in [2.75, 3.05) is 19.6 Å². The summed E-state index contributed by atoms with van der Waals surface area (Å²) in [5.74, 6) is 0. The summed E-state index contributed by atoms with van der Waals surface area (Å²) in [6.45, 7) is 3.11. The van der Waals surface area contributed by atoms with Gasteiger partial charge in [0, 0.05) is 25.7 Å². The van der Waals surface area contributed by atoms with E-state index < -0.39 is 20.6 Å². The maximum atomic E-state index is 12.3. The molecule has 1 N–H and O–H groups in total. The molecular weight excluding hydrogens is 366 g/mol. The molecule has 0 saturated carbocycles. The monoisotopic (exact) mass is 389 g/mol. The lowest BCUT2D eigenvalue weighted by atomic mass is 10.00. The van der Waals surface area contributed by atoms with Crippen LogP contribution < -0.4 is 4.72 Å². The first-order chi connectivity index (χ1) is 13.0. The summed E-state index contributed by atoms with van der Waals surface area (Å²) in [7, 11) is -3.89. The second kappa shape index (κ2) is 8.60. The lowest BCUT2D eigenvalue weighted by Crippen LogP contribution is -2.32. The van der Waals surface area contributed by atoms with E-state index in [0.29, 0.717) is 6.42 Å². The van der Waals surface area contributed by atoms with Gasteiger partial charge in [0.15, 0.2) is 4.90 Å². The molecule has 2 aromatic carbocycles. The highest BCUT2D eigenvalue weighted by Crippen LogP contribution is 2.22. The lowest BCUT2D eigenvalue weighted by molar-refractivity contribution is -0.387. The van der Waals surface area contributed by atoms with Crippen molar-refractivity contribution in [1.29, 1.82) is 0 Å². The summed E-state index contributed by atoms with van der Waals surface area (Å²) in [6.07, 6.45) is 2.58. The Hall–Kier alpha value is -2.29. The van der Waals surface area contributed by atoms with E-state index in [-0.39, 0.29) is 11.4 Å². The van der Waals surface area contributed by atoms with Gasteiger partial charge in [-0.25, -0.2) is 13.1 Å². The van der Waals surface area contributed by atoms with Gasteiger partial charge in [0.25, 0.3) is 5.69 Å². The average Bonchev–Trinajstić information content (AvgIpc) is 2.67. The van der Waals surface area contributed by atoms with Crippen molar-refractivity contribution in [2.45, 2.75) is 30.7 Å². The van der Waals surface area contributed by atoms with Crippen molar-refractivity contribution in [3.63, 3.8) is 0 Å². The SMILES string of the molecule is O=[N+]([O-])c1ccccc1S(=O)(=O)NCCCCN1CCc2ccccc2C1. The normalized spacial score (nSPS) is 14.7. The molecule has 8 heteroatoms. The fourth-order valence-corrected chi connectivity index (χ4v) is 4.57. The van der Waals surface area contributed by atoms with Gasteiger partial charge < -0.3 is 0 Å². The number of rotatable bonds is 8. The number of nitro groups is 1. The Morgan fingerprint density at radius 2 is 1.74 bits per heavy atom. The molecule has 0 unspecified atom stereocenters. The predicted molar refractivity (Wildman–Crippen MR) is 103 cm³/mol. The van der Waals surface area contributed by atoms with Gasteiger partial charge in [-0.2, -0.15) is 0 Å². The third-order valence-electron chi connectivity index (χ3n) is 4.75. The maximum absolute atomic E-state index is 12.3. The van der Waals surface area contributed by atoms with Crippen LogP contribution in [0.5, 0.6) is 0 Å². The van der Waals surface area contributed by atoms with E-state index in [2.05, 4.69) is 33.9 Å². The van der Waals surface area contributed by atoms with Crippen LogP contribution in [0.2, 0.25) is 0 Å². The molecule has 1 aliphatic rings. The average molecular weight is 389 g/mol. The Bertz CT molecular complexity index is 915. The Labute approximate surface area is 159 Å². The number of nitrogens with one attached hydrogen (secondary N) is 1. The van der Waals surface area contributed by atoms with Gasteiger partial charge in [-0.15, -0.1) is 0 Å². The van der Waals surface area contributed by atoms with E-state index in [1.54, 1.807) is 0 Å². The highest BCUT2D eigenvalue weighted by Gasteiger charge is 2.24. The minimum atomic E-state index is -3.89. The van der Waals surface area contributed by atoms with Crippen LogP contribution in [-0.4, -0.2) is 37.9 Å². The zero-order chi connectivity index (χ0) is 19.3. The third kappa shape index (κ3) is 4.91. The molecule has 0 aliphatic carbocycles. The zero-order valence-electron chi connectivity index (χ0n) is 15.0. The van der Waals surface area contributed by atoms with Crippen molar-refractivity contribution in [3.05, 3.63) is 69.8 Å². The minimum Gasteiger partial charge on any atom is -0.299 e. The van der Waals surface area contributed by atoms with Crippen LogP contribution in [0, 0.1) is 10.1 Å². The number of benzene rings is 2. The predicted octanol–water partition coefficient (Wildman–Crippen LogP) is 2.71. The van der Waals surface area contributed by atoms with Gasteiger partial charge in [0.1, 0.15) is 0 Å². The molecule has 7 nitrogen and oxygen atoms in total. The fourth-order valence-electron chi connectivity index (χ4n) is 3.32. The molecule has 0 atom stereocenters. The second-order valence-electron chi connectivity index (χ2n) is 6.62. The Morgan fingerprint density at radius 3 is 2.52 bits per heavy atom. The molecule has 0 amide bonds. The van der Waals surface area contributed by atoms with Crippen LogP contribution >= 0.6 is 0 Å². The molecule has 0 aromatic heterocycles.